The monoisotopic (exact) mass is 361 g/mol. The number of carbonyl (C=O) groups excluding carboxylic acids is 1. The summed E-state index contributed by atoms with van der Waals surface area (Å²) in [7, 11) is 0. The Morgan fingerprint density at radius 3 is 2.73 bits per heavy atom. The van der Waals surface area contributed by atoms with Gasteiger partial charge in [-0.05, 0) is 32.0 Å². The molecule has 0 spiro atoms. The normalized spacial score (nSPS) is 21.0. The molecular formula is C20H31N3O3. The number of β-amino-alcohol motifs (C(OH)–C–C–N with tert-alkyl or cyclic N) is 1. The lowest BCUT2D eigenvalue weighted by molar-refractivity contribution is -0.120. The maximum atomic E-state index is 11.5. The molecule has 0 aromatic heterocycles. The van der Waals surface area contributed by atoms with Gasteiger partial charge < -0.3 is 20.1 Å². The zero-order valence-corrected chi connectivity index (χ0v) is 15.5. The van der Waals surface area contributed by atoms with Gasteiger partial charge in [0.1, 0.15) is 18.5 Å². The molecule has 2 N–H and O–H groups in total. The topological polar surface area (TPSA) is 65.0 Å². The molecule has 2 fully saturated rings. The number of piperidine rings is 1. The Morgan fingerprint density at radius 2 is 1.88 bits per heavy atom. The van der Waals surface area contributed by atoms with E-state index in [9.17, 15) is 9.90 Å². The van der Waals surface area contributed by atoms with Crippen LogP contribution in [-0.2, 0) is 11.3 Å². The van der Waals surface area contributed by atoms with Gasteiger partial charge in [-0.3, -0.25) is 9.69 Å². The van der Waals surface area contributed by atoms with Crippen molar-refractivity contribution in [3.05, 3.63) is 29.8 Å². The average molecular weight is 361 g/mol. The molecule has 6 nitrogen and oxygen atoms in total. The smallest absolute Gasteiger partial charge is 0.221 e. The van der Waals surface area contributed by atoms with E-state index in [1.165, 1.54) is 19.3 Å². The third kappa shape index (κ3) is 5.97. The lowest BCUT2D eigenvalue weighted by Crippen LogP contribution is -2.38. The number of likely N-dealkylation sites (tertiary alicyclic amines) is 1. The van der Waals surface area contributed by atoms with Gasteiger partial charge in [-0.1, -0.05) is 24.6 Å². The highest BCUT2D eigenvalue weighted by Gasteiger charge is 2.17. The Morgan fingerprint density at radius 1 is 1.08 bits per heavy atom. The minimum Gasteiger partial charge on any atom is -0.491 e. The van der Waals surface area contributed by atoms with E-state index in [0.29, 0.717) is 26.1 Å². The quantitative estimate of drug-likeness (QED) is 0.765. The number of hydrogen-bond donors (Lipinski definition) is 2. The second-order valence-electron chi connectivity index (χ2n) is 7.31. The predicted octanol–water partition coefficient (Wildman–Crippen LogP) is 1.23. The van der Waals surface area contributed by atoms with E-state index in [1.807, 2.05) is 18.2 Å². The van der Waals surface area contributed by atoms with E-state index < -0.39 is 6.10 Å². The number of nitrogens with one attached hydrogen (secondary N) is 1. The van der Waals surface area contributed by atoms with E-state index >= 15 is 0 Å². The van der Waals surface area contributed by atoms with Crippen molar-refractivity contribution in [2.45, 2.75) is 38.3 Å². The Kier molecular flexibility index (Phi) is 7.29. The standard InChI is InChI=1S/C20H31N3O3/c24-18(15-22-10-4-1-5-11-22)16-26-19-7-3-2-6-17(19)14-23-12-8-20(25)21-9-13-23/h2-3,6-7,18,24H,1,4-5,8-16H2,(H,21,25)/t18-/m1/s1. The highest BCUT2D eigenvalue weighted by molar-refractivity contribution is 5.76. The fraction of sp³-hybridized carbons (Fsp3) is 0.650. The molecule has 1 amide bonds. The molecule has 0 saturated carbocycles. The summed E-state index contributed by atoms with van der Waals surface area (Å²) >= 11 is 0. The maximum absolute atomic E-state index is 11.5. The molecule has 1 aromatic carbocycles. The number of hydrogen-bond acceptors (Lipinski definition) is 5. The molecule has 0 unspecified atom stereocenters. The molecule has 0 aliphatic carbocycles. The van der Waals surface area contributed by atoms with Crippen molar-refractivity contribution in [1.29, 1.82) is 0 Å². The molecule has 1 aromatic rings. The SMILES string of the molecule is O=C1CCN(Cc2ccccc2OC[C@H](O)CN2CCCCC2)CCN1. The number of para-hydroxylation sites is 1. The Bertz CT molecular complexity index is 575. The number of rotatable bonds is 7. The summed E-state index contributed by atoms with van der Waals surface area (Å²) < 4.78 is 5.95. The predicted molar refractivity (Wildman–Crippen MR) is 101 cm³/mol. The summed E-state index contributed by atoms with van der Waals surface area (Å²) in [6, 6.07) is 7.99. The molecule has 2 aliphatic heterocycles. The van der Waals surface area contributed by atoms with E-state index in [2.05, 4.69) is 21.2 Å². The first-order chi connectivity index (χ1) is 12.7. The van der Waals surface area contributed by atoms with Gasteiger partial charge in [-0.25, -0.2) is 0 Å². The van der Waals surface area contributed by atoms with Crippen LogP contribution in [0.1, 0.15) is 31.2 Å². The van der Waals surface area contributed by atoms with Gasteiger partial charge >= 0.3 is 0 Å². The van der Waals surface area contributed by atoms with Crippen LogP contribution >= 0.6 is 0 Å². The molecule has 1 atom stereocenters. The molecule has 0 radical (unpaired) electrons. The third-order valence-electron chi connectivity index (χ3n) is 5.12. The third-order valence-corrected chi connectivity index (χ3v) is 5.12. The highest BCUT2D eigenvalue weighted by atomic mass is 16.5. The van der Waals surface area contributed by atoms with Crippen LogP contribution in [0.2, 0.25) is 0 Å². The number of aliphatic hydroxyl groups excluding tert-OH is 1. The van der Waals surface area contributed by atoms with E-state index in [0.717, 1.165) is 44.0 Å². The molecule has 2 aliphatic rings. The van der Waals surface area contributed by atoms with Gasteiger partial charge in [0, 0.05) is 44.7 Å². The summed E-state index contributed by atoms with van der Waals surface area (Å²) in [5, 5.41) is 13.2. The van der Waals surface area contributed by atoms with Gasteiger partial charge in [0.25, 0.3) is 0 Å². The Hall–Kier alpha value is -1.63. The van der Waals surface area contributed by atoms with Crippen LogP contribution in [0.5, 0.6) is 5.75 Å². The van der Waals surface area contributed by atoms with Crippen molar-refractivity contribution in [2.75, 3.05) is 45.9 Å². The van der Waals surface area contributed by atoms with Crippen molar-refractivity contribution in [1.82, 2.24) is 15.1 Å². The molecule has 26 heavy (non-hydrogen) atoms. The molecule has 2 saturated heterocycles. The van der Waals surface area contributed by atoms with Crippen molar-refractivity contribution < 1.29 is 14.6 Å². The molecular weight excluding hydrogens is 330 g/mol. The zero-order chi connectivity index (χ0) is 18.2. The number of carbonyl (C=O) groups is 1. The summed E-state index contributed by atoms with van der Waals surface area (Å²) in [5.41, 5.74) is 1.10. The maximum Gasteiger partial charge on any atom is 0.221 e. The van der Waals surface area contributed by atoms with Crippen LogP contribution in [0.25, 0.3) is 0 Å². The number of nitrogens with zero attached hydrogens (tertiary/aromatic N) is 2. The molecule has 2 heterocycles. The van der Waals surface area contributed by atoms with Crippen LogP contribution < -0.4 is 10.1 Å². The summed E-state index contributed by atoms with van der Waals surface area (Å²) in [6.07, 6.45) is 3.82. The van der Waals surface area contributed by atoms with Crippen LogP contribution in [-0.4, -0.2) is 72.8 Å². The molecule has 0 bridgehead atoms. The lowest BCUT2D eigenvalue weighted by Gasteiger charge is -2.28. The summed E-state index contributed by atoms with van der Waals surface area (Å²) in [6.45, 7) is 6.21. The molecule has 6 heteroatoms. The minimum atomic E-state index is -0.471. The number of ether oxygens (including phenoxy) is 1. The highest BCUT2D eigenvalue weighted by Crippen LogP contribution is 2.21. The first-order valence-electron chi connectivity index (χ1n) is 9.81. The van der Waals surface area contributed by atoms with Crippen molar-refractivity contribution >= 4 is 5.91 Å². The van der Waals surface area contributed by atoms with Crippen molar-refractivity contribution in [2.24, 2.45) is 0 Å². The van der Waals surface area contributed by atoms with Crippen molar-refractivity contribution in [3.8, 4) is 5.75 Å². The van der Waals surface area contributed by atoms with Gasteiger partial charge in [0.05, 0.1) is 0 Å². The van der Waals surface area contributed by atoms with Crippen LogP contribution in [0, 0.1) is 0 Å². The number of amides is 1. The molecule has 3 rings (SSSR count). The van der Waals surface area contributed by atoms with Gasteiger partial charge in [-0.2, -0.15) is 0 Å². The first-order valence-corrected chi connectivity index (χ1v) is 9.81. The second-order valence-corrected chi connectivity index (χ2v) is 7.31. The van der Waals surface area contributed by atoms with E-state index in [1.54, 1.807) is 0 Å². The van der Waals surface area contributed by atoms with Crippen LogP contribution in [0.3, 0.4) is 0 Å². The van der Waals surface area contributed by atoms with Crippen LogP contribution in [0.4, 0.5) is 0 Å². The van der Waals surface area contributed by atoms with Crippen molar-refractivity contribution in [3.63, 3.8) is 0 Å². The number of benzene rings is 1. The van der Waals surface area contributed by atoms with E-state index in [-0.39, 0.29) is 5.91 Å². The lowest BCUT2D eigenvalue weighted by atomic mass is 10.1. The Balaban J connectivity index is 1.50. The largest absolute Gasteiger partial charge is 0.491 e. The second kappa shape index (κ2) is 9.90. The zero-order valence-electron chi connectivity index (χ0n) is 15.5. The van der Waals surface area contributed by atoms with Gasteiger partial charge in [0.2, 0.25) is 5.91 Å². The first kappa shape index (κ1) is 19.1. The fourth-order valence-corrected chi connectivity index (χ4v) is 3.67. The average Bonchev–Trinajstić information content (AvgIpc) is 2.86. The van der Waals surface area contributed by atoms with E-state index in [4.69, 9.17) is 4.74 Å². The Labute approximate surface area is 156 Å². The summed E-state index contributed by atoms with van der Waals surface area (Å²) in [5.74, 6) is 0.951. The number of aliphatic hydroxyl groups is 1. The molecule has 144 valence electrons. The van der Waals surface area contributed by atoms with Gasteiger partial charge in [0.15, 0.2) is 0 Å². The van der Waals surface area contributed by atoms with Crippen LogP contribution in [0.15, 0.2) is 24.3 Å². The summed E-state index contributed by atoms with van der Waals surface area (Å²) in [4.78, 5) is 16.1. The van der Waals surface area contributed by atoms with Gasteiger partial charge in [-0.15, -0.1) is 0 Å². The minimum absolute atomic E-state index is 0.123. The fourth-order valence-electron chi connectivity index (χ4n) is 3.67.